The maximum atomic E-state index is 12.4. The summed E-state index contributed by atoms with van der Waals surface area (Å²) in [5.41, 5.74) is 4.97. The molecule has 21 heavy (non-hydrogen) atoms. The third-order valence-corrected chi connectivity index (χ3v) is 4.05. The summed E-state index contributed by atoms with van der Waals surface area (Å²) in [6.45, 7) is 5.32. The summed E-state index contributed by atoms with van der Waals surface area (Å²) in [6.07, 6.45) is 6.30. The highest BCUT2D eigenvalue weighted by atomic mass is 16.5. The fourth-order valence-corrected chi connectivity index (χ4v) is 2.77. The molecule has 1 rings (SSSR count). The van der Waals surface area contributed by atoms with E-state index < -0.39 is 5.41 Å². The molecule has 0 aromatic heterocycles. The summed E-state index contributed by atoms with van der Waals surface area (Å²) < 4.78 is 5.46. The van der Waals surface area contributed by atoms with Crippen LogP contribution in [0.1, 0.15) is 58.8 Å². The predicted octanol–water partition coefficient (Wildman–Crippen LogP) is 2.00. The Kier molecular flexibility index (Phi) is 7.50. The van der Waals surface area contributed by atoms with Gasteiger partial charge in [0.15, 0.2) is 5.84 Å². The van der Waals surface area contributed by atoms with Gasteiger partial charge in [0.25, 0.3) is 0 Å². The first-order valence-electron chi connectivity index (χ1n) is 7.91. The predicted molar refractivity (Wildman–Crippen MR) is 82.3 cm³/mol. The van der Waals surface area contributed by atoms with Crippen molar-refractivity contribution in [2.24, 2.45) is 16.3 Å². The van der Waals surface area contributed by atoms with E-state index in [4.69, 9.17) is 15.7 Å². The molecule has 0 saturated heterocycles. The molecule has 122 valence electrons. The smallest absolute Gasteiger partial charge is 0.233 e. The van der Waals surface area contributed by atoms with E-state index in [2.05, 4.69) is 10.5 Å². The van der Waals surface area contributed by atoms with Crippen LogP contribution in [0.2, 0.25) is 0 Å². The molecule has 0 heterocycles. The van der Waals surface area contributed by atoms with Crippen LogP contribution < -0.4 is 11.1 Å². The van der Waals surface area contributed by atoms with Crippen molar-refractivity contribution in [1.82, 2.24) is 5.32 Å². The van der Waals surface area contributed by atoms with Crippen molar-refractivity contribution in [3.05, 3.63) is 0 Å². The molecule has 1 amide bonds. The topological polar surface area (TPSA) is 96.9 Å². The van der Waals surface area contributed by atoms with Crippen LogP contribution in [0, 0.1) is 5.41 Å². The lowest BCUT2D eigenvalue weighted by molar-refractivity contribution is -0.129. The van der Waals surface area contributed by atoms with Crippen LogP contribution in [0.3, 0.4) is 0 Å². The molecule has 1 saturated carbocycles. The van der Waals surface area contributed by atoms with E-state index in [0.717, 1.165) is 32.1 Å². The lowest BCUT2D eigenvalue weighted by atomic mass is 9.72. The number of amides is 1. The molecule has 0 spiro atoms. The van der Waals surface area contributed by atoms with E-state index in [0.29, 0.717) is 26.0 Å². The number of hydrogen-bond acceptors (Lipinski definition) is 4. The summed E-state index contributed by atoms with van der Waals surface area (Å²) in [4.78, 5) is 12.4. The van der Waals surface area contributed by atoms with Crippen LogP contribution in [-0.4, -0.2) is 36.2 Å². The summed E-state index contributed by atoms with van der Waals surface area (Å²) >= 11 is 0. The van der Waals surface area contributed by atoms with Crippen LogP contribution in [0.15, 0.2) is 5.16 Å². The average molecular weight is 299 g/mol. The van der Waals surface area contributed by atoms with E-state index in [-0.39, 0.29) is 17.8 Å². The van der Waals surface area contributed by atoms with E-state index in [1.54, 1.807) is 0 Å². The second-order valence-corrected chi connectivity index (χ2v) is 6.01. The van der Waals surface area contributed by atoms with Gasteiger partial charge in [-0.05, 0) is 39.5 Å². The summed E-state index contributed by atoms with van der Waals surface area (Å²) in [5, 5.41) is 15.0. The number of nitrogens with zero attached hydrogens (tertiary/aromatic N) is 1. The summed E-state index contributed by atoms with van der Waals surface area (Å²) in [5.74, 6) is -0.0647. The SMILES string of the molecule is CC(C)OCCCCNC(=O)C1(C(N)=NO)CCCCC1. The molecule has 0 radical (unpaired) electrons. The normalized spacial score (nSPS) is 18.7. The molecule has 0 bridgehead atoms. The van der Waals surface area contributed by atoms with Gasteiger partial charge in [-0.1, -0.05) is 24.4 Å². The highest BCUT2D eigenvalue weighted by Gasteiger charge is 2.43. The summed E-state index contributed by atoms with van der Waals surface area (Å²) in [6, 6.07) is 0. The lowest BCUT2D eigenvalue weighted by Gasteiger charge is -2.34. The Morgan fingerprint density at radius 3 is 2.57 bits per heavy atom. The molecule has 0 aromatic carbocycles. The monoisotopic (exact) mass is 299 g/mol. The summed E-state index contributed by atoms with van der Waals surface area (Å²) in [7, 11) is 0. The maximum absolute atomic E-state index is 12.4. The highest BCUT2D eigenvalue weighted by Crippen LogP contribution is 2.36. The van der Waals surface area contributed by atoms with Crippen LogP contribution in [0.25, 0.3) is 0 Å². The Balaban J connectivity index is 2.40. The van der Waals surface area contributed by atoms with Gasteiger partial charge < -0.3 is 21.0 Å². The second kappa shape index (κ2) is 8.87. The number of hydrogen-bond donors (Lipinski definition) is 3. The lowest BCUT2D eigenvalue weighted by Crippen LogP contribution is -2.51. The molecule has 1 aliphatic rings. The third-order valence-electron chi connectivity index (χ3n) is 4.05. The molecule has 0 atom stereocenters. The van der Waals surface area contributed by atoms with E-state index in [1.807, 2.05) is 13.8 Å². The van der Waals surface area contributed by atoms with Crippen molar-refractivity contribution >= 4 is 11.7 Å². The van der Waals surface area contributed by atoms with Crippen molar-refractivity contribution in [1.29, 1.82) is 0 Å². The largest absolute Gasteiger partial charge is 0.409 e. The third kappa shape index (κ3) is 5.19. The van der Waals surface area contributed by atoms with Crippen LogP contribution >= 0.6 is 0 Å². The van der Waals surface area contributed by atoms with E-state index in [1.165, 1.54) is 0 Å². The molecule has 6 heteroatoms. The molecular formula is C15H29N3O3. The van der Waals surface area contributed by atoms with E-state index in [9.17, 15) is 4.79 Å². The number of unbranched alkanes of at least 4 members (excludes halogenated alkanes) is 1. The van der Waals surface area contributed by atoms with Crippen LogP contribution in [0.4, 0.5) is 0 Å². The van der Waals surface area contributed by atoms with Gasteiger partial charge in [0.1, 0.15) is 5.41 Å². The maximum Gasteiger partial charge on any atom is 0.233 e. The Hall–Kier alpha value is -1.30. The van der Waals surface area contributed by atoms with Crippen molar-refractivity contribution in [3.8, 4) is 0 Å². The molecule has 1 aliphatic carbocycles. The van der Waals surface area contributed by atoms with Crippen molar-refractivity contribution in [2.45, 2.75) is 64.9 Å². The number of carbonyl (C=O) groups excluding carboxylic acids is 1. The Morgan fingerprint density at radius 1 is 1.33 bits per heavy atom. The van der Waals surface area contributed by atoms with Gasteiger partial charge >= 0.3 is 0 Å². The molecule has 0 aliphatic heterocycles. The Labute approximate surface area is 127 Å². The quantitative estimate of drug-likeness (QED) is 0.210. The number of oxime groups is 1. The molecule has 6 nitrogen and oxygen atoms in total. The Morgan fingerprint density at radius 2 is 2.00 bits per heavy atom. The van der Waals surface area contributed by atoms with Gasteiger partial charge in [-0.3, -0.25) is 4.79 Å². The minimum Gasteiger partial charge on any atom is -0.409 e. The van der Waals surface area contributed by atoms with Gasteiger partial charge in [0, 0.05) is 13.2 Å². The van der Waals surface area contributed by atoms with Gasteiger partial charge in [0.05, 0.1) is 6.10 Å². The fourth-order valence-electron chi connectivity index (χ4n) is 2.77. The number of ether oxygens (including phenoxy) is 1. The number of carbonyl (C=O) groups is 1. The van der Waals surface area contributed by atoms with E-state index >= 15 is 0 Å². The molecule has 4 N–H and O–H groups in total. The van der Waals surface area contributed by atoms with Crippen molar-refractivity contribution in [2.75, 3.05) is 13.2 Å². The first-order chi connectivity index (χ1) is 10.0. The molecule has 0 unspecified atom stereocenters. The first kappa shape index (κ1) is 17.8. The second-order valence-electron chi connectivity index (χ2n) is 6.01. The fraction of sp³-hybridized carbons (Fsp3) is 0.867. The van der Waals surface area contributed by atoms with Crippen LogP contribution in [0.5, 0.6) is 0 Å². The Bertz CT molecular complexity index is 350. The van der Waals surface area contributed by atoms with Crippen LogP contribution in [-0.2, 0) is 9.53 Å². The zero-order valence-electron chi connectivity index (χ0n) is 13.2. The molecular weight excluding hydrogens is 270 g/mol. The van der Waals surface area contributed by atoms with Crippen molar-refractivity contribution in [3.63, 3.8) is 0 Å². The minimum atomic E-state index is -0.818. The zero-order chi connectivity index (χ0) is 15.7. The van der Waals surface area contributed by atoms with Gasteiger partial charge in [-0.15, -0.1) is 0 Å². The molecule has 0 aromatic rings. The van der Waals surface area contributed by atoms with Gasteiger partial charge in [0.2, 0.25) is 5.91 Å². The first-order valence-corrected chi connectivity index (χ1v) is 7.91. The van der Waals surface area contributed by atoms with Gasteiger partial charge in [-0.2, -0.15) is 0 Å². The minimum absolute atomic E-state index is 0.0443. The highest BCUT2D eigenvalue weighted by molar-refractivity contribution is 6.06. The number of amidine groups is 1. The molecule has 1 fully saturated rings. The number of nitrogens with two attached hydrogens (primary N) is 1. The van der Waals surface area contributed by atoms with Gasteiger partial charge in [-0.25, -0.2) is 0 Å². The number of rotatable bonds is 8. The number of nitrogens with one attached hydrogen (secondary N) is 1. The van der Waals surface area contributed by atoms with Crippen molar-refractivity contribution < 1.29 is 14.7 Å². The zero-order valence-corrected chi connectivity index (χ0v) is 13.2. The average Bonchev–Trinajstić information content (AvgIpc) is 2.49. The standard InChI is InChI=1S/C15H29N3O3/c1-12(2)21-11-7-6-10-17-14(19)15(13(16)18-20)8-4-3-5-9-15/h12,20H,3-11H2,1-2H3,(H2,16,18)(H,17,19).